The summed E-state index contributed by atoms with van der Waals surface area (Å²) >= 11 is 0. The third-order valence-corrected chi connectivity index (χ3v) is 5.57. The Bertz CT molecular complexity index is 635. The van der Waals surface area contributed by atoms with Gasteiger partial charge in [0, 0.05) is 19.1 Å². The van der Waals surface area contributed by atoms with Crippen molar-refractivity contribution in [2.45, 2.75) is 78.0 Å². The van der Waals surface area contributed by atoms with Crippen LogP contribution < -0.4 is 9.47 Å². The van der Waals surface area contributed by atoms with Crippen molar-refractivity contribution in [1.82, 2.24) is 4.90 Å². The molecule has 1 fully saturated rings. The van der Waals surface area contributed by atoms with Crippen molar-refractivity contribution in [1.29, 1.82) is 0 Å². The molecule has 27 heavy (non-hydrogen) atoms. The van der Waals surface area contributed by atoms with Crippen LogP contribution in [-0.2, 0) is 11.2 Å². The van der Waals surface area contributed by atoms with E-state index in [1.54, 1.807) is 7.11 Å². The van der Waals surface area contributed by atoms with Gasteiger partial charge in [0.2, 0.25) is 0 Å². The number of hydrogen-bond acceptors (Lipinski definition) is 4. The molecule has 2 aliphatic heterocycles. The number of piperidine rings is 1. The number of fused-ring (bicyclic) bond motifs is 3. The van der Waals surface area contributed by atoms with Crippen molar-refractivity contribution in [3.05, 3.63) is 23.3 Å². The van der Waals surface area contributed by atoms with Crippen LogP contribution in [0.4, 0.5) is 0 Å². The van der Waals surface area contributed by atoms with Crippen LogP contribution in [0, 0.1) is 5.92 Å². The first-order chi connectivity index (χ1) is 12.8. The van der Waals surface area contributed by atoms with E-state index in [2.05, 4.69) is 51.7 Å². The van der Waals surface area contributed by atoms with Crippen molar-refractivity contribution in [2.24, 2.45) is 5.92 Å². The van der Waals surface area contributed by atoms with Crippen molar-refractivity contribution in [3.63, 3.8) is 0 Å². The highest BCUT2D eigenvalue weighted by Gasteiger charge is 2.35. The first kappa shape index (κ1) is 20.5. The molecule has 2 heterocycles. The molecule has 0 amide bonds. The minimum absolute atomic E-state index is 0.0728. The van der Waals surface area contributed by atoms with Crippen molar-refractivity contribution < 1.29 is 14.2 Å². The lowest BCUT2D eigenvalue weighted by Crippen LogP contribution is -2.47. The van der Waals surface area contributed by atoms with Gasteiger partial charge in [0.25, 0.3) is 0 Å². The van der Waals surface area contributed by atoms with E-state index in [1.165, 1.54) is 11.1 Å². The lowest BCUT2D eigenvalue weighted by atomic mass is 9.85. The van der Waals surface area contributed by atoms with Crippen molar-refractivity contribution >= 4 is 0 Å². The minimum Gasteiger partial charge on any atom is -0.493 e. The molecule has 0 aliphatic carbocycles. The first-order valence-corrected chi connectivity index (χ1v) is 10.5. The molecule has 0 radical (unpaired) electrons. The molecule has 4 heteroatoms. The summed E-state index contributed by atoms with van der Waals surface area (Å²) in [6.07, 6.45) is 4.73. The molecule has 152 valence electrons. The molecule has 0 bridgehead atoms. The molecule has 0 spiro atoms. The summed E-state index contributed by atoms with van der Waals surface area (Å²) in [5.74, 6) is 2.41. The van der Waals surface area contributed by atoms with Crippen LogP contribution in [0.5, 0.6) is 11.5 Å². The zero-order valence-electron chi connectivity index (χ0n) is 18.0. The molecular weight excluding hydrogens is 338 g/mol. The molecular formula is C23H37NO3. The zero-order valence-corrected chi connectivity index (χ0v) is 18.0. The summed E-state index contributed by atoms with van der Waals surface area (Å²) in [5.41, 5.74) is 2.77. The van der Waals surface area contributed by atoms with Gasteiger partial charge in [0.05, 0.1) is 25.4 Å². The Hall–Kier alpha value is -1.26. The van der Waals surface area contributed by atoms with E-state index < -0.39 is 0 Å². The Morgan fingerprint density at radius 3 is 2.59 bits per heavy atom. The number of ether oxygens (including phenoxy) is 3. The topological polar surface area (TPSA) is 30.9 Å². The average Bonchev–Trinajstić information content (AvgIpc) is 2.59. The van der Waals surface area contributed by atoms with Gasteiger partial charge in [-0.3, -0.25) is 4.90 Å². The Balaban J connectivity index is 1.73. The van der Waals surface area contributed by atoms with Crippen LogP contribution >= 0.6 is 0 Å². The van der Waals surface area contributed by atoms with Crippen LogP contribution in [0.25, 0.3) is 0 Å². The van der Waals surface area contributed by atoms with Gasteiger partial charge in [-0.05, 0) is 75.6 Å². The lowest BCUT2D eigenvalue weighted by molar-refractivity contribution is -0.0971. The number of benzene rings is 1. The number of rotatable bonds is 6. The van der Waals surface area contributed by atoms with Crippen LogP contribution in [0.15, 0.2) is 12.1 Å². The Labute approximate surface area is 165 Å². The fourth-order valence-electron chi connectivity index (χ4n) is 4.29. The molecule has 0 aromatic heterocycles. The number of methoxy groups -OCH3 is 1. The standard InChI is InChI=1S/C23H37NO3/c1-16(2)10-12-26-22-13-17-9-11-24-15-18(27-23(3,4)5)7-8-20(24)19(17)14-21(22)25-6/h13-14,16,18,20H,7-12,15H2,1-6H3. The molecule has 3 rings (SSSR count). The molecule has 2 atom stereocenters. The molecule has 1 aromatic carbocycles. The summed E-state index contributed by atoms with van der Waals surface area (Å²) in [6, 6.07) is 4.93. The highest BCUT2D eigenvalue weighted by molar-refractivity contribution is 5.49. The summed E-state index contributed by atoms with van der Waals surface area (Å²) in [5, 5.41) is 0. The lowest BCUT2D eigenvalue weighted by Gasteiger charge is -2.44. The largest absolute Gasteiger partial charge is 0.493 e. The average molecular weight is 376 g/mol. The van der Waals surface area contributed by atoms with Crippen molar-refractivity contribution in [2.75, 3.05) is 26.8 Å². The first-order valence-electron chi connectivity index (χ1n) is 10.5. The van der Waals surface area contributed by atoms with Gasteiger partial charge in [-0.25, -0.2) is 0 Å². The predicted octanol–water partition coefficient (Wildman–Crippen LogP) is 5.00. The van der Waals surface area contributed by atoms with E-state index in [0.29, 0.717) is 18.1 Å². The fourth-order valence-corrected chi connectivity index (χ4v) is 4.29. The van der Waals surface area contributed by atoms with Gasteiger partial charge in [-0.1, -0.05) is 13.8 Å². The molecule has 4 nitrogen and oxygen atoms in total. The van der Waals surface area contributed by atoms with E-state index in [4.69, 9.17) is 14.2 Å². The molecule has 2 unspecified atom stereocenters. The third-order valence-electron chi connectivity index (χ3n) is 5.57. The van der Waals surface area contributed by atoms with E-state index in [9.17, 15) is 0 Å². The van der Waals surface area contributed by atoms with E-state index >= 15 is 0 Å². The number of nitrogens with zero attached hydrogens (tertiary/aromatic N) is 1. The summed E-state index contributed by atoms with van der Waals surface area (Å²) < 4.78 is 18.0. The van der Waals surface area contributed by atoms with Crippen LogP contribution in [0.1, 0.15) is 71.0 Å². The summed E-state index contributed by atoms with van der Waals surface area (Å²) in [7, 11) is 1.74. The van der Waals surface area contributed by atoms with Crippen LogP contribution in [0.3, 0.4) is 0 Å². The molecule has 1 saturated heterocycles. The Morgan fingerprint density at radius 2 is 1.93 bits per heavy atom. The summed E-state index contributed by atoms with van der Waals surface area (Å²) in [6.45, 7) is 13.8. The predicted molar refractivity (Wildman–Crippen MR) is 110 cm³/mol. The Morgan fingerprint density at radius 1 is 1.15 bits per heavy atom. The fraction of sp³-hybridized carbons (Fsp3) is 0.739. The highest BCUT2D eigenvalue weighted by Crippen LogP contribution is 2.42. The van der Waals surface area contributed by atoms with E-state index in [-0.39, 0.29) is 5.60 Å². The molecule has 1 aromatic rings. The smallest absolute Gasteiger partial charge is 0.161 e. The van der Waals surface area contributed by atoms with Gasteiger partial charge in [0.1, 0.15) is 0 Å². The second-order valence-corrected chi connectivity index (χ2v) is 9.42. The van der Waals surface area contributed by atoms with Gasteiger partial charge < -0.3 is 14.2 Å². The van der Waals surface area contributed by atoms with E-state index in [0.717, 1.165) is 56.9 Å². The Kier molecular flexibility index (Phi) is 6.37. The SMILES string of the molecule is COc1cc2c(cc1OCCC(C)C)CCN1CC(OC(C)(C)C)CCC21. The normalized spacial score (nSPS) is 23.1. The quantitative estimate of drug-likeness (QED) is 0.700. The maximum atomic E-state index is 6.26. The third kappa shape index (κ3) is 5.17. The van der Waals surface area contributed by atoms with Gasteiger partial charge in [-0.15, -0.1) is 0 Å². The van der Waals surface area contributed by atoms with Gasteiger partial charge in [-0.2, -0.15) is 0 Å². The second kappa shape index (κ2) is 8.40. The van der Waals surface area contributed by atoms with Gasteiger partial charge >= 0.3 is 0 Å². The van der Waals surface area contributed by atoms with Crippen molar-refractivity contribution in [3.8, 4) is 11.5 Å². The summed E-state index contributed by atoms with van der Waals surface area (Å²) in [4.78, 5) is 2.60. The molecule has 2 aliphatic rings. The maximum Gasteiger partial charge on any atom is 0.161 e. The monoisotopic (exact) mass is 375 g/mol. The highest BCUT2D eigenvalue weighted by atomic mass is 16.5. The van der Waals surface area contributed by atoms with Gasteiger partial charge in [0.15, 0.2) is 11.5 Å². The zero-order chi connectivity index (χ0) is 19.6. The van der Waals surface area contributed by atoms with E-state index in [1.807, 2.05) is 0 Å². The molecule has 0 N–H and O–H groups in total. The number of hydrogen-bond donors (Lipinski definition) is 0. The minimum atomic E-state index is -0.0728. The van der Waals surface area contributed by atoms with Crippen LogP contribution in [0.2, 0.25) is 0 Å². The maximum absolute atomic E-state index is 6.26. The second-order valence-electron chi connectivity index (χ2n) is 9.42. The molecule has 0 saturated carbocycles. The van der Waals surface area contributed by atoms with Crippen LogP contribution in [-0.4, -0.2) is 43.4 Å².